The van der Waals surface area contributed by atoms with E-state index in [-0.39, 0.29) is 0 Å². The number of hydrogen-bond donors (Lipinski definition) is 1. The fraction of sp³-hybridized carbons (Fsp3) is 0.538. The van der Waals surface area contributed by atoms with Crippen molar-refractivity contribution in [3.63, 3.8) is 0 Å². The van der Waals surface area contributed by atoms with Crippen LogP contribution in [-0.2, 0) is 6.42 Å². The minimum atomic E-state index is 0.402. The molecule has 2 rings (SSSR count). The van der Waals surface area contributed by atoms with Crippen molar-refractivity contribution >= 4 is 0 Å². The van der Waals surface area contributed by atoms with Gasteiger partial charge in [-0.15, -0.1) is 0 Å². The number of phenolic OH excluding ortho intramolecular Hbond substituents is 1. The van der Waals surface area contributed by atoms with E-state index in [0.717, 1.165) is 18.4 Å². The molecule has 27 heavy (non-hydrogen) atoms. The first-order valence-electron chi connectivity index (χ1n) is 10.9. The Morgan fingerprint density at radius 3 is 2.04 bits per heavy atom. The van der Waals surface area contributed by atoms with Crippen LogP contribution in [0.25, 0.3) is 11.1 Å². The smallest absolute Gasteiger partial charge is 0.119 e. The second-order valence-electron chi connectivity index (χ2n) is 8.45. The molecule has 0 aliphatic rings. The highest BCUT2D eigenvalue weighted by atomic mass is 16.3. The highest BCUT2D eigenvalue weighted by molar-refractivity contribution is 5.76. The first-order valence-corrected chi connectivity index (χ1v) is 10.9. The van der Waals surface area contributed by atoms with Gasteiger partial charge in [0.15, 0.2) is 0 Å². The summed E-state index contributed by atoms with van der Waals surface area (Å²) in [6.07, 6.45) is 8.61. The molecule has 0 saturated carbocycles. The van der Waals surface area contributed by atoms with E-state index in [9.17, 15) is 5.11 Å². The van der Waals surface area contributed by atoms with Crippen LogP contribution in [0.4, 0.5) is 0 Å². The molecule has 1 heteroatoms. The lowest BCUT2D eigenvalue weighted by atomic mass is 9.80. The van der Waals surface area contributed by atoms with Crippen molar-refractivity contribution < 1.29 is 5.11 Å². The van der Waals surface area contributed by atoms with E-state index in [1.807, 2.05) is 6.07 Å². The van der Waals surface area contributed by atoms with Crippen LogP contribution in [0.3, 0.4) is 0 Å². The van der Waals surface area contributed by atoms with E-state index in [1.165, 1.54) is 54.4 Å². The third-order valence-corrected chi connectivity index (χ3v) is 5.53. The lowest BCUT2D eigenvalue weighted by Crippen LogP contribution is -2.06. The summed E-state index contributed by atoms with van der Waals surface area (Å²) in [5, 5.41) is 10.9. The predicted octanol–water partition coefficient (Wildman–Crippen LogP) is 8.21. The SMILES string of the molecule is CCCCCCCCc1c(O)cc(C(C)C)c(C(C)C)c1-c1ccccc1. The maximum Gasteiger partial charge on any atom is 0.119 e. The summed E-state index contributed by atoms with van der Waals surface area (Å²) in [6.45, 7) is 11.3. The van der Waals surface area contributed by atoms with Crippen molar-refractivity contribution in [2.75, 3.05) is 0 Å². The first kappa shape index (κ1) is 21.5. The summed E-state index contributed by atoms with van der Waals surface area (Å²) in [5.41, 5.74) is 6.36. The zero-order valence-electron chi connectivity index (χ0n) is 18.0. The predicted molar refractivity (Wildman–Crippen MR) is 119 cm³/mol. The highest BCUT2D eigenvalue weighted by Gasteiger charge is 2.22. The molecule has 0 aliphatic heterocycles. The van der Waals surface area contributed by atoms with Crippen LogP contribution in [0.1, 0.15) is 102 Å². The molecule has 0 unspecified atom stereocenters. The number of aromatic hydroxyl groups is 1. The Kier molecular flexibility index (Phi) is 8.41. The Morgan fingerprint density at radius 1 is 0.815 bits per heavy atom. The molecule has 0 radical (unpaired) electrons. The van der Waals surface area contributed by atoms with Crippen LogP contribution in [0.2, 0.25) is 0 Å². The van der Waals surface area contributed by atoms with Crippen LogP contribution < -0.4 is 0 Å². The van der Waals surface area contributed by atoms with Gasteiger partial charge in [0.05, 0.1) is 0 Å². The van der Waals surface area contributed by atoms with E-state index in [1.54, 1.807) is 0 Å². The van der Waals surface area contributed by atoms with Gasteiger partial charge in [0.25, 0.3) is 0 Å². The molecular formula is C26H38O. The molecule has 0 saturated heterocycles. The van der Waals surface area contributed by atoms with Gasteiger partial charge in [0.2, 0.25) is 0 Å². The molecule has 0 aliphatic carbocycles. The third-order valence-electron chi connectivity index (χ3n) is 5.53. The second-order valence-corrected chi connectivity index (χ2v) is 8.45. The molecule has 1 N–H and O–H groups in total. The molecule has 0 spiro atoms. The Morgan fingerprint density at radius 2 is 1.44 bits per heavy atom. The molecule has 148 valence electrons. The topological polar surface area (TPSA) is 20.2 Å². The number of unbranched alkanes of at least 4 members (excludes halogenated alkanes) is 5. The molecule has 0 aromatic heterocycles. The monoisotopic (exact) mass is 366 g/mol. The highest BCUT2D eigenvalue weighted by Crippen LogP contribution is 2.42. The maximum atomic E-state index is 10.9. The van der Waals surface area contributed by atoms with Gasteiger partial charge in [-0.05, 0) is 53.0 Å². The average molecular weight is 367 g/mol. The van der Waals surface area contributed by atoms with Gasteiger partial charge in [-0.2, -0.15) is 0 Å². The number of benzene rings is 2. The summed E-state index contributed by atoms with van der Waals surface area (Å²) in [5.74, 6) is 1.32. The molecule has 2 aromatic carbocycles. The molecule has 0 fully saturated rings. The van der Waals surface area contributed by atoms with Crippen LogP contribution in [0.15, 0.2) is 36.4 Å². The van der Waals surface area contributed by atoms with E-state index in [0.29, 0.717) is 17.6 Å². The van der Waals surface area contributed by atoms with Crippen LogP contribution in [0.5, 0.6) is 5.75 Å². The van der Waals surface area contributed by atoms with Crippen molar-refractivity contribution in [1.82, 2.24) is 0 Å². The van der Waals surface area contributed by atoms with Crippen LogP contribution >= 0.6 is 0 Å². The lowest BCUT2D eigenvalue weighted by Gasteiger charge is -2.25. The van der Waals surface area contributed by atoms with Crippen molar-refractivity contribution in [3.05, 3.63) is 53.1 Å². The molecule has 1 nitrogen and oxygen atoms in total. The molecule has 2 aromatic rings. The number of hydrogen-bond acceptors (Lipinski definition) is 1. The van der Waals surface area contributed by atoms with Gasteiger partial charge in [-0.1, -0.05) is 97.1 Å². The molecule has 0 heterocycles. The summed E-state index contributed by atoms with van der Waals surface area (Å²) < 4.78 is 0. The minimum absolute atomic E-state index is 0.402. The van der Waals surface area contributed by atoms with E-state index in [2.05, 4.69) is 65.0 Å². The molecule has 0 bridgehead atoms. The van der Waals surface area contributed by atoms with Gasteiger partial charge in [-0.25, -0.2) is 0 Å². The summed E-state index contributed by atoms with van der Waals surface area (Å²) in [7, 11) is 0. The normalized spacial score (nSPS) is 11.5. The lowest BCUT2D eigenvalue weighted by molar-refractivity contribution is 0.464. The number of phenols is 1. The standard InChI is InChI=1S/C26H38O/c1-6-7-8-9-10-14-17-22-24(27)18-23(19(2)3)25(20(4)5)26(22)21-15-12-11-13-16-21/h11-13,15-16,18-20,27H,6-10,14,17H2,1-5H3. The first-order chi connectivity index (χ1) is 13.0. The Labute approximate surface area is 166 Å². The van der Waals surface area contributed by atoms with Gasteiger partial charge < -0.3 is 5.11 Å². The van der Waals surface area contributed by atoms with Crippen molar-refractivity contribution in [1.29, 1.82) is 0 Å². The van der Waals surface area contributed by atoms with Gasteiger partial charge >= 0.3 is 0 Å². The maximum absolute atomic E-state index is 10.9. The second kappa shape index (κ2) is 10.5. The van der Waals surface area contributed by atoms with E-state index in [4.69, 9.17) is 0 Å². The third kappa shape index (κ3) is 5.61. The average Bonchev–Trinajstić information content (AvgIpc) is 2.65. The Hall–Kier alpha value is -1.76. The van der Waals surface area contributed by atoms with Gasteiger partial charge in [-0.3, -0.25) is 0 Å². The minimum Gasteiger partial charge on any atom is -0.508 e. The quantitative estimate of drug-likeness (QED) is 0.420. The van der Waals surface area contributed by atoms with Crippen molar-refractivity contribution in [2.45, 2.75) is 91.4 Å². The van der Waals surface area contributed by atoms with E-state index < -0.39 is 0 Å². The van der Waals surface area contributed by atoms with Crippen molar-refractivity contribution in [3.8, 4) is 16.9 Å². The Bertz CT molecular complexity index is 698. The fourth-order valence-corrected chi connectivity index (χ4v) is 4.12. The molecule has 0 amide bonds. The van der Waals surface area contributed by atoms with Crippen LogP contribution in [-0.4, -0.2) is 5.11 Å². The fourth-order valence-electron chi connectivity index (χ4n) is 4.12. The molecular weight excluding hydrogens is 328 g/mol. The van der Waals surface area contributed by atoms with E-state index >= 15 is 0 Å². The van der Waals surface area contributed by atoms with Gasteiger partial charge in [0, 0.05) is 5.56 Å². The van der Waals surface area contributed by atoms with Crippen LogP contribution in [0, 0.1) is 0 Å². The Balaban J connectivity index is 2.44. The van der Waals surface area contributed by atoms with Gasteiger partial charge in [0.1, 0.15) is 5.75 Å². The zero-order chi connectivity index (χ0) is 19.8. The summed E-state index contributed by atoms with van der Waals surface area (Å²) in [6, 6.07) is 12.7. The molecule has 0 atom stereocenters. The largest absolute Gasteiger partial charge is 0.508 e. The zero-order valence-corrected chi connectivity index (χ0v) is 18.0. The number of rotatable bonds is 10. The van der Waals surface area contributed by atoms with Crippen molar-refractivity contribution in [2.24, 2.45) is 0 Å². The summed E-state index contributed by atoms with van der Waals surface area (Å²) >= 11 is 0. The summed E-state index contributed by atoms with van der Waals surface area (Å²) in [4.78, 5) is 0.